The van der Waals surface area contributed by atoms with E-state index in [1.165, 1.54) is 11.1 Å². The number of hydrogen-bond donors (Lipinski definition) is 0. The van der Waals surface area contributed by atoms with Crippen molar-refractivity contribution in [2.24, 2.45) is 0 Å². The van der Waals surface area contributed by atoms with Crippen LogP contribution in [0, 0.1) is 6.92 Å². The van der Waals surface area contributed by atoms with E-state index >= 15 is 4.79 Å². The highest BCUT2D eigenvalue weighted by Gasteiger charge is 2.43. The summed E-state index contributed by atoms with van der Waals surface area (Å²) in [5.41, 5.74) is 6.40. The molecule has 9 nitrogen and oxygen atoms in total. The fourth-order valence-electron chi connectivity index (χ4n) is 7.99. The van der Waals surface area contributed by atoms with Crippen molar-refractivity contribution < 1.29 is 14.3 Å². The molecule has 0 bridgehead atoms. The summed E-state index contributed by atoms with van der Waals surface area (Å²) in [4.78, 5) is 44.3. The lowest BCUT2D eigenvalue weighted by Crippen LogP contribution is -2.62. The zero-order valence-electron chi connectivity index (χ0n) is 29.2. The summed E-state index contributed by atoms with van der Waals surface area (Å²) < 4.78 is 8.19. The number of amides is 2. The van der Waals surface area contributed by atoms with Crippen molar-refractivity contribution in [3.8, 4) is 0 Å². The second-order valence-corrected chi connectivity index (χ2v) is 15.0. The van der Waals surface area contributed by atoms with Gasteiger partial charge in [-0.25, -0.2) is 9.78 Å². The Labute approximate surface area is 310 Å². The molecule has 7 rings (SSSR count). The Morgan fingerprint density at radius 3 is 2.57 bits per heavy atom. The second-order valence-electron chi connectivity index (χ2n) is 14.1. The Kier molecular flexibility index (Phi) is 11.3. The predicted molar refractivity (Wildman–Crippen MR) is 199 cm³/mol. The molecule has 51 heavy (non-hydrogen) atoms. The van der Waals surface area contributed by atoms with E-state index in [2.05, 4.69) is 28.1 Å². The van der Waals surface area contributed by atoms with E-state index in [9.17, 15) is 4.79 Å². The van der Waals surface area contributed by atoms with Gasteiger partial charge in [0.1, 0.15) is 12.1 Å². The van der Waals surface area contributed by atoms with Crippen molar-refractivity contribution in [3.63, 3.8) is 0 Å². The summed E-state index contributed by atoms with van der Waals surface area (Å²) >= 11 is 12.9. The Balaban J connectivity index is 1.22. The number of halogens is 2. The van der Waals surface area contributed by atoms with Gasteiger partial charge < -0.3 is 14.2 Å². The van der Waals surface area contributed by atoms with Crippen molar-refractivity contribution in [2.75, 3.05) is 26.2 Å². The molecule has 2 aromatic carbocycles. The maximum absolute atomic E-state index is 15.0. The van der Waals surface area contributed by atoms with Crippen LogP contribution < -0.4 is 0 Å². The summed E-state index contributed by atoms with van der Waals surface area (Å²) in [6.45, 7) is 4.83. The molecular weight excluding hydrogens is 683 g/mol. The number of imidazole rings is 1. The number of ether oxygens (including phenoxy) is 1. The van der Waals surface area contributed by atoms with Gasteiger partial charge in [0.15, 0.2) is 0 Å². The number of carbonyl (C=O) groups is 2. The number of nitrogens with zero attached hydrogens (tertiary/aromatic N) is 6. The predicted octanol–water partition coefficient (Wildman–Crippen LogP) is 7.66. The Morgan fingerprint density at radius 2 is 1.76 bits per heavy atom. The van der Waals surface area contributed by atoms with Crippen molar-refractivity contribution in [2.45, 2.75) is 89.6 Å². The minimum atomic E-state index is -0.754. The van der Waals surface area contributed by atoms with Gasteiger partial charge in [-0.15, -0.1) is 0 Å². The third-order valence-corrected chi connectivity index (χ3v) is 11.0. The summed E-state index contributed by atoms with van der Waals surface area (Å²) in [5.74, 6) is -0.103. The minimum absolute atomic E-state index is 0.103. The normalized spacial score (nSPS) is 19.5. The molecule has 1 aliphatic heterocycles. The smallest absolute Gasteiger partial charge is 0.410 e. The molecule has 0 radical (unpaired) electrons. The average Bonchev–Trinajstić information content (AvgIpc) is 3.48. The third-order valence-electron chi connectivity index (χ3n) is 10.5. The van der Waals surface area contributed by atoms with Gasteiger partial charge >= 0.3 is 6.09 Å². The Morgan fingerprint density at radius 1 is 0.941 bits per heavy atom. The number of carbonyl (C=O) groups excluding carboxylic acids is 2. The molecule has 0 unspecified atom stereocenters. The summed E-state index contributed by atoms with van der Waals surface area (Å²) in [5, 5.41) is 1.32. The number of piperazine rings is 1. The molecule has 0 N–H and O–H groups in total. The van der Waals surface area contributed by atoms with E-state index in [1.807, 2.05) is 71.5 Å². The van der Waals surface area contributed by atoms with Crippen LogP contribution in [0.1, 0.15) is 78.2 Å². The van der Waals surface area contributed by atoms with Crippen molar-refractivity contribution in [3.05, 3.63) is 117 Å². The van der Waals surface area contributed by atoms with Crippen LogP contribution in [0.2, 0.25) is 10.0 Å². The summed E-state index contributed by atoms with van der Waals surface area (Å²) in [6.07, 6.45) is 12.6. The van der Waals surface area contributed by atoms with Gasteiger partial charge in [0.25, 0.3) is 0 Å². The number of aryl methyl sites for hydroxylation is 4. The third kappa shape index (κ3) is 8.43. The molecule has 3 heterocycles. The van der Waals surface area contributed by atoms with Crippen LogP contribution in [-0.4, -0.2) is 79.6 Å². The molecule has 2 fully saturated rings. The zero-order chi connectivity index (χ0) is 35.3. The number of fused-ring (bicyclic) bond motifs is 2. The lowest BCUT2D eigenvalue weighted by molar-refractivity contribution is -0.140. The van der Waals surface area contributed by atoms with Crippen molar-refractivity contribution >= 4 is 35.2 Å². The maximum atomic E-state index is 15.0. The van der Waals surface area contributed by atoms with Crippen LogP contribution in [0.25, 0.3) is 0 Å². The molecule has 1 saturated heterocycles. The van der Waals surface area contributed by atoms with Gasteiger partial charge in [-0.2, -0.15) is 0 Å². The molecule has 2 aromatic heterocycles. The first-order valence-corrected chi connectivity index (χ1v) is 19.0. The van der Waals surface area contributed by atoms with Gasteiger partial charge in [0.2, 0.25) is 5.91 Å². The van der Waals surface area contributed by atoms with E-state index < -0.39 is 12.1 Å². The van der Waals surface area contributed by atoms with Gasteiger partial charge in [0, 0.05) is 61.7 Å². The monoisotopic (exact) mass is 728 g/mol. The van der Waals surface area contributed by atoms with Crippen molar-refractivity contribution in [1.29, 1.82) is 0 Å². The van der Waals surface area contributed by atoms with Gasteiger partial charge in [0.05, 0.1) is 23.8 Å². The maximum Gasteiger partial charge on any atom is 0.410 e. The summed E-state index contributed by atoms with van der Waals surface area (Å²) in [7, 11) is 0. The molecule has 2 aliphatic carbocycles. The molecule has 11 heteroatoms. The average molecular weight is 730 g/mol. The van der Waals surface area contributed by atoms with Crippen LogP contribution >= 0.6 is 23.2 Å². The Hall–Kier alpha value is -3.92. The van der Waals surface area contributed by atoms with Crippen LogP contribution in [0.3, 0.4) is 0 Å². The highest BCUT2D eigenvalue weighted by molar-refractivity contribution is 6.30. The molecule has 2 amide bonds. The number of rotatable bonds is 9. The van der Waals surface area contributed by atoms with Gasteiger partial charge in [-0.05, 0) is 104 Å². The number of hydrogen-bond acceptors (Lipinski definition) is 6. The SMILES string of the molecule is Cc1cn(CCCN(Cc2cccc(Cl)c2)C(=O)[C@H]2CN([C@H]3c4ccc(Cl)cc4CCc4cccnc43)CCN2C(=O)OC2CCCCC2)cn1. The summed E-state index contributed by atoms with van der Waals surface area (Å²) in [6, 6.07) is 16.9. The van der Waals surface area contributed by atoms with E-state index in [4.69, 9.17) is 32.9 Å². The van der Waals surface area contributed by atoms with E-state index in [-0.39, 0.29) is 18.1 Å². The van der Waals surface area contributed by atoms with Gasteiger partial charge in [-0.3, -0.25) is 19.6 Å². The molecule has 2 atom stereocenters. The first kappa shape index (κ1) is 35.5. The van der Waals surface area contributed by atoms with Crippen LogP contribution in [0.15, 0.2) is 73.3 Å². The lowest BCUT2D eigenvalue weighted by atomic mass is 9.95. The highest BCUT2D eigenvalue weighted by Crippen LogP contribution is 2.38. The standard InChI is InChI=1S/C40H46Cl2N6O3/c1-28-24-45(27-44-28)18-7-19-47(25-29-8-5-10-32(41)22-29)39(49)36-26-46(20-21-48(36)40(50)51-34-11-3-2-4-12-34)38-35-16-15-33(42)23-31(35)14-13-30-9-6-17-43-37(30)38/h5-6,8-10,15-17,22-24,27,34,36,38H,2-4,7,11-14,18-21,25-26H2,1H3/t36-,38+/m1/s1. The zero-order valence-corrected chi connectivity index (χ0v) is 30.7. The van der Waals surface area contributed by atoms with E-state index in [0.717, 1.165) is 73.9 Å². The van der Waals surface area contributed by atoms with Crippen LogP contribution in [0.4, 0.5) is 4.79 Å². The fraction of sp³-hybridized carbons (Fsp3) is 0.450. The minimum Gasteiger partial charge on any atom is -0.446 e. The van der Waals surface area contributed by atoms with Crippen LogP contribution in [-0.2, 0) is 35.5 Å². The molecule has 3 aliphatic rings. The highest BCUT2D eigenvalue weighted by atomic mass is 35.5. The fourth-order valence-corrected chi connectivity index (χ4v) is 8.39. The topological polar surface area (TPSA) is 83.8 Å². The van der Waals surface area contributed by atoms with Gasteiger partial charge in [-0.1, -0.05) is 53.9 Å². The molecule has 4 aromatic rings. The second kappa shape index (κ2) is 16.2. The van der Waals surface area contributed by atoms with E-state index in [0.29, 0.717) is 49.3 Å². The first-order chi connectivity index (χ1) is 24.8. The Bertz CT molecular complexity index is 1840. The largest absolute Gasteiger partial charge is 0.446 e. The van der Waals surface area contributed by atoms with E-state index in [1.54, 1.807) is 4.90 Å². The first-order valence-electron chi connectivity index (χ1n) is 18.3. The molecular formula is C40H46Cl2N6O3. The number of pyridine rings is 1. The number of aromatic nitrogens is 3. The van der Waals surface area contributed by atoms with Crippen molar-refractivity contribution in [1.82, 2.24) is 29.2 Å². The molecule has 268 valence electrons. The molecule has 0 spiro atoms. The quantitative estimate of drug-likeness (QED) is 0.176. The number of benzene rings is 2. The lowest BCUT2D eigenvalue weighted by Gasteiger charge is -2.45. The molecule has 1 saturated carbocycles. The van der Waals surface area contributed by atoms with Crippen LogP contribution in [0.5, 0.6) is 0 Å².